The van der Waals surface area contributed by atoms with Gasteiger partial charge in [-0.2, -0.15) is 0 Å². The van der Waals surface area contributed by atoms with Crippen molar-refractivity contribution in [1.29, 1.82) is 0 Å². The van der Waals surface area contributed by atoms with Gasteiger partial charge >= 0.3 is 0 Å². The molecule has 0 aliphatic carbocycles. The van der Waals surface area contributed by atoms with Crippen LogP contribution in [0.5, 0.6) is 0 Å². The van der Waals surface area contributed by atoms with E-state index in [0.29, 0.717) is 12.6 Å². The maximum atomic E-state index is 5.48. The minimum Gasteiger partial charge on any atom is -0.377 e. The zero-order valence-electron chi connectivity index (χ0n) is 6.94. The summed E-state index contributed by atoms with van der Waals surface area (Å²) in [6.45, 7) is 2.31. The van der Waals surface area contributed by atoms with Crippen molar-refractivity contribution in [2.75, 3.05) is 19.8 Å². The molecule has 0 unspecified atom stereocenters. The minimum atomic E-state index is 0.494. The molecular weight excluding hydrogens is 154 g/mol. The summed E-state index contributed by atoms with van der Waals surface area (Å²) in [5.74, 6) is 0. The smallest absolute Gasteiger partial charge is 0.0952 e. The van der Waals surface area contributed by atoms with Crippen molar-refractivity contribution in [1.82, 2.24) is 9.55 Å². The van der Waals surface area contributed by atoms with Gasteiger partial charge in [-0.15, -0.1) is 0 Å². The molecule has 4 nitrogen and oxygen atoms in total. The second-order valence-corrected chi connectivity index (χ2v) is 3.02. The number of hydrogen-bond donors (Lipinski definition) is 1. The lowest BCUT2D eigenvalue weighted by Gasteiger charge is -2.28. The van der Waals surface area contributed by atoms with E-state index in [2.05, 4.69) is 9.55 Å². The van der Waals surface area contributed by atoms with Gasteiger partial charge in [-0.3, -0.25) is 0 Å². The van der Waals surface area contributed by atoms with Gasteiger partial charge in [-0.1, -0.05) is 0 Å². The summed E-state index contributed by atoms with van der Waals surface area (Å²) in [5.41, 5.74) is 6.69. The number of nitrogens with two attached hydrogens (primary N) is 1. The third-order valence-electron chi connectivity index (χ3n) is 2.16. The Balaban J connectivity index is 2.12. The molecule has 0 aromatic carbocycles. The number of imidazole rings is 1. The summed E-state index contributed by atoms with van der Waals surface area (Å²) in [4.78, 5) is 4.10. The van der Waals surface area contributed by atoms with Gasteiger partial charge in [0.05, 0.1) is 25.6 Å². The second-order valence-electron chi connectivity index (χ2n) is 3.02. The SMILES string of the molecule is NCCc1cncn1C1COC1. The Kier molecular flexibility index (Phi) is 2.10. The first-order chi connectivity index (χ1) is 5.92. The van der Waals surface area contributed by atoms with Crippen LogP contribution in [0.2, 0.25) is 0 Å². The molecule has 2 N–H and O–H groups in total. The maximum absolute atomic E-state index is 5.48. The number of aromatic nitrogens is 2. The van der Waals surface area contributed by atoms with Gasteiger partial charge in [0, 0.05) is 18.3 Å². The third-order valence-corrected chi connectivity index (χ3v) is 2.16. The van der Waals surface area contributed by atoms with Crippen LogP contribution in [0.25, 0.3) is 0 Å². The van der Waals surface area contributed by atoms with Crippen LogP contribution in [-0.2, 0) is 11.2 Å². The van der Waals surface area contributed by atoms with Gasteiger partial charge in [-0.05, 0) is 6.54 Å². The average molecular weight is 167 g/mol. The highest BCUT2D eigenvalue weighted by atomic mass is 16.5. The first-order valence-corrected chi connectivity index (χ1v) is 4.20. The highest BCUT2D eigenvalue weighted by molar-refractivity contribution is 5.02. The van der Waals surface area contributed by atoms with E-state index >= 15 is 0 Å². The molecule has 2 rings (SSSR count). The van der Waals surface area contributed by atoms with Crippen LogP contribution in [0.4, 0.5) is 0 Å². The van der Waals surface area contributed by atoms with E-state index in [1.807, 2.05) is 12.5 Å². The second kappa shape index (κ2) is 3.25. The summed E-state index contributed by atoms with van der Waals surface area (Å²) in [7, 11) is 0. The fourth-order valence-electron chi connectivity index (χ4n) is 1.39. The molecule has 1 saturated heterocycles. The normalized spacial score (nSPS) is 17.8. The van der Waals surface area contributed by atoms with Crippen molar-refractivity contribution in [2.24, 2.45) is 5.73 Å². The standard InChI is InChI=1S/C8H13N3O/c9-2-1-7-3-10-6-11(7)8-4-12-5-8/h3,6,8H,1-2,4-5,9H2. The molecule has 0 bridgehead atoms. The van der Waals surface area contributed by atoms with E-state index in [9.17, 15) is 0 Å². The summed E-state index contributed by atoms with van der Waals surface area (Å²) in [5, 5.41) is 0. The summed E-state index contributed by atoms with van der Waals surface area (Å²) in [6, 6.07) is 0.494. The molecule has 1 aromatic heterocycles. The van der Waals surface area contributed by atoms with Crippen molar-refractivity contribution < 1.29 is 4.74 Å². The topological polar surface area (TPSA) is 53.1 Å². The lowest BCUT2D eigenvalue weighted by Crippen LogP contribution is -2.31. The zero-order valence-corrected chi connectivity index (χ0v) is 6.94. The molecular formula is C8H13N3O. The molecule has 1 aliphatic rings. The van der Waals surface area contributed by atoms with Crippen molar-refractivity contribution in [3.8, 4) is 0 Å². The summed E-state index contributed by atoms with van der Waals surface area (Å²) >= 11 is 0. The summed E-state index contributed by atoms with van der Waals surface area (Å²) < 4.78 is 7.27. The lowest BCUT2D eigenvalue weighted by molar-refractivity contribution is -0.0243. The lowest BCUT2D eigenvalue weighted by atomic mass is 10.2. The number of hydrogen-bond acceptors (Lipinski definition) is 3. The largest absolute Gasteiger partial charge is 0.377 e. The number of rotatable bonds is 3. The van der Waals surface area contributed by atoms with Crippen molar-refractivity contribution >= 4 is 0 Å². The van der Waals surface area contributed by atoms with Crippen LogP contribution in [0.15, 0.2) is 12.5 Å². The Labute approximate surface area is 71.3 Å². The first-order valence-electron chi connectivity index (χ1n) is 4.20. The van der Waals surface area contributed by atoms with Crippen LogP contribution < -0.4 is 5.73 Å². The highest BCUT2D eigenvalue weighted by Gasteiger charge is 2.21. The molecule has 66 valence electrons. The Hall–Kier alpha value is -0.870. The van der Waals surface area contributed by atoms with Crippen molar-refractivity contribution in [2.45, 2.75) is 12.5 Å². The van der Waals surface area contributed by atoms with Crippen LogP contribution in [0, 0.1) is 0 Å². The molecule has 12 heavy (non-hydrogen) atoms. The van der Waals surface area contributed by atoms with Gasteiger partial charge in [0.25, 0.3) is 0 Å². The number of ether oxygens (including phenoxy) is 1. The Morgan fingerprint density at radius 1 is 1.67 bits per heavy atom. The van der Waals surface area contributed by atoms with Crippen LogP contribution >= 0.6 is 0 Å². The molecule has 4 heteroatoms. The van der Waals surface area contributed by atoms with E-state index in [4.69, 9.17) is 10.5 Å². The molecule has 0 spiro atoms. The molecule has 1 aromatic rings. The first kappa shape index (κ1) is 7.76. The van der Waals surface area contributed by atoms with Gasteiger partial charge in [0.1, 0.15) is 0 Å². The van der Waals surface area contributed by atoms with E-state index in [0.717, 1.165) is 19.6 Å². The molecule has 1 fully saturated rings. The predicted octanol–water partition coefficient (Wildman–Crippen LogP) is -0.0444. The highest BCUT2D eigenvalue weighted by Crippen LogP contribution is 2.18. The zero-order chi connectivity index (χ0) is 8.39. The van der Waals surface area contributed by atoms with Gasteiger partial charge in [0.2, 0.25) is 0 Å². The van der Waals surface area contributed by atoms with Gasteiger partial charge in [-0.25, -0.2) is 4.98 Å². The molecule has 2 heterocycles. The molecule has 0 amide bonds. The van der Waals surface area contributed by atoms with E-state index < -0.39 is 0 Å². The fourth-order valence-corrected chi connectivity index (χ4v) is 1.39. The Morgan fingerprint density at radius 3 is 3.08 bits per heavy atom. The van der Waals surface area contributed by atoms with E-state index in [1.165, 1.54) is 5.69 Å². The molecule has 0 saturated carbocycles. The molecule has 1 aliphatic heterocycles. The maximum Gasteiger partial charge on any atom is 0.0952 e. The van der Waals surface area contributed by atoms with E-state index in [1.54, 1.807) is 0 Å². The summed E-state index contributed by atoms with van der Waals surface area (Å²) in [6.07, 6.45) is 4.64. The molecule has 0 radical (unpaired) electrons. The Bertz CT molecular complexity index is 255. The van der Waals surface area contributed by atoms with Crippen LogP contribution in [-0.4, -0.2) is 29.3 Å². The monoisotopic (exact) mass is 167 g/mol. The van der Waals surface area contributed by atoms with Crippen LogP contribution in [0.1, 0.15) is 11.7 Å². The predicted molar refractivity (Wildman–Crippen MR) is 44.8 cm³/mol. The third kappa shape index (κ3) is 1.23. The Morgan fingerprint density at radius 2 is 2.50 bits per heavy atom. The van der Waals surface area contributed by atoms with Gasteiger partial charge in [0.15, 0.2) is 0 Å². The van der Waals surface area contributed by atoms with E-state index in [-0.39, 0.29) is 0 Å². The fraction of sp³-hybridized carbons (Fsp3) is 0.625. The molecule has 0 atom stereocenters. The average Bonchev–Trinajstić information content (AvgIpc) is 2.35. The van der Waals surface area contributed by atoms with Crippen LogP contribution in [0.3, 0.4) is 0 Å². The number of nitrogens with zero attached hydrogens (tertiary/aromatic N) is 2. The van der Waals surface area contributed by atoms with Gasteiger partial charge < -0.3 is 15.0 Å². The minimum absolute atomic E-state index is 0.494. The quantitative estimate of drug-likeness (QED) is 0.687. The van der Waals surface area contributed by atoms with Crippen molar-refractivity contribution in [3.63, 3.8) is 0 Å². The van der Waals surface area contributed by atoms with Crippen molar-refractivity contribution in [3.05, 3.63) is 18.2 Å².